The fourth-order valence-corrected chi connectivity index (χ4v) is 2.65. The zero-order valence-corrected chi connectivity index (χ0v) is 12.8. The summed E-state index contributed by atoms with van der Waals surface area (Å²) in [5.41, 5.74) is 3.34. The van der Waals surface area contributed by atoms with Gasteiger partial charge in [0, 0.05) is 16.8 Å². The van der Waals surface area contributed by atoms with Gasteiger partial charge in [0.05, 0.1) is 30.1 Å². The largest absolute Gasteiger partial charge is 0.504 e. The monoisotopic (exact) mass is 312 g/mol. The molecule has 2 heterocycles. The number of nitrogens with zero attached hydrogens (tertiary/aromatic N) is 2. The second-order valence-electron chi connectivity index (χ2n) is 5.20. The second kappa shape index (κ2) is 5.72. The van der Waals surface area contributed by atoms with Crippen molar-refractivity contribution in [3.05, 3.63) is 41.1 Å². The summed E-state index contributed by atoms with van der Waals surface area (Å²) in [6, 6.07) is 6.38. The highest BCUT2D eigenvalue weighted by molar-refractivity contribution is 6.10. The summed E-state index contributed by atoms with van der Waals surface area (Å²) in [5.74, 6) is -0.629. The number of carboxylic acid groups (broad SMARTS) is 1. The molecule has 0 unspecified atom stereocenters. The van der Waals surface area contributed by atoms with Crippen molar-refractivity contribution in [2.24, 2.45) is 4.99 Å². The fourth-order valence-electron chi connectivity index (χ4n) is 2.65. The number of benzene rings is 1. The Morgan fingerprint density at radius 3 is 2.83 bits per heavy atom. The van der Waals surface area contributed by atoms with Crippen molar-refractivity contribution in [2.75, 3.05) is 6.61 Å². The lowest BCUT2D eigenvalue weighted by Crippen LogP contribution is -2.09. The SMILES string of the molecule is CCOc1cc(-c2cc(C(=O)O)c3c(n2)CN=C3C)ccc1O. The number of carboxylic acids is 1. The van der Waals surface area contributed by atoms with E-state index in [1.807, 2.05) is 6.92 Å². The standard InChI is InChI=1S/C17H16N2O4/c1-3-23-15-6-10(4-5-14(15)20)12-7-11(17(21)22)16-9(2)18-8-13(16)19-12/h4-7,20H,3,8H2,1-2H3,(H,21,22). The van der Waals surface area contributed by atoms with Gasteiger partial charge in [-0.05, 0) is 38.1 Å². The van der Waals surface area contributed by atoms with E-state index in [9.17, 15) is 15.0 Å². The number of pyridine rings is 1. The number of aliphatic imine (C=N–C) groups is 1. The van der Waals surface area contributed by atoms with E-state index in [0.717, 1.165) is 0 Å². The van der Waals surface area contributed by atoms with Crippen LogP contribution in [0.2, 0.25) is 0 Å². The number of ether oxygens (including phenoxy) is 1. The van der Waals surface area contributed by atoms with Crippen LogP contribution in [-0.2, 0) is 6.54 Å². The summed E-state index contributed by atoms with van der Waals surface area (Å²) in [7, 11) is 0. The van der Waals surface area contributed by atoms with E-state index in [1.54, 1.807) is 19.1 Å². The first-order chi connectivity index (χ1) is 11.0. The van der Waals surface area contributed by atoms with Crippen molar-refractivity contribution in [1.29, 1.82) is 0 Å². The van der Waals surface area contributed by atoms with E-state index in [4.69, 9.17) is 4.74 Å². The molecule has 0 bridgehead atoms. The molecule has 1 aromatic carbocycles. The highest BCUT2D eigenvalue weighted by Crippen LogP contribution is 2.33. The van der Waals surface area contributed by atoms with Gasteiger partial charge in [0.15, 0.2) is 11.5 Å². The quantitative estimate of drug-likeness (QED) is 0.905. The lowest BCUT2D eigenvalue weighted by atomic mass is 10.0. The van der Waals surface area contributed by atoms with Gasteiger partial charge in [0.1, 0.15) is 0 Å². The summed E-state index contributed by atoms with van der Waals surface area (Å²) in [6.07, 6.45) is 0. The van der Waals surface area contributed by atoms with Crippen LogP contribution in [-0.4, -0.2) is 33.5 Å². The molecule has 0 saturated carbocycles. The summed E-state index contributed by atoms with van der Waals surface area (Å²) in [4.78, 5) is 20.4. The molecule has 1 aromatic heterocycles. The van der Waals surface area contributed by atoms with Crippen LogP contribution >= 0.6 is 0 Å². The Labute approximate surface area is 133 Å². The Morgan fingerprint density at radius 1 is 1.35 bits per heavy atom. The number of aromatic nitrogens is 1. The summed E-state index contributed by atoms with van der Waals surface area (Å²) >= 11 is 0. The molecule has 0 fully saturated rings. The molecular weight excluding hydrogens is 296 g/mol. The molecule has 2 aromatic rings. The lowest BCUT2D eigenvalue weighted by molar-refractivity contribution is 0.0696. The summed E-state index contributed by atoms with van der Waals surface area (Å²) < 4.78 is 5.37. The number of fused-ring (bicyclic) bond motifs is 1. The van der Waals surface area contributed by atoms with E-state index >= 15 is 0 Å². The van der Waals surface area contributed by atoms with Gasteiger partial charge < -0.3 is 14.9 Å². The van der Waals surface area contributed by atoms with Gasteiger partial charge in [0.2, 0.25) is 0 Å². The minimum absolute atomic E-state index is 0.0365. The molecule has 0 aliphatic carbocycles. The molecule has 23 heavy (non-hydrogen) atoms. The van der Waals surface area contributed by atoms with Crippen LogP contribution in [0.1, 0.15) is 35.5 Å². The summed E-state index contributed by atoms with van der Waals surface area (Å²) in [6.45, 7) is 4.41. The average Bonchev–Trinajstić information content (AvgIpc) is 2.90. The maximum absolute atomic E-state index is 11.6. The zero-order chi connectivity index (χ0) is 16.6. The minimum atomic E-state index is -1.01. The maximum atomic E-state index is 11.6. The zero-order valence-electron chi connectivity index (χ0n) is 12.8. The number of hydrogen-bond donors (Lipinski definition) is 2. The highest BCUT2D eigenvalue weighted by atomic mass is 16.5. The van der Waals surface area contributed by atoms with E-state index < -0.39 is 5.97 Å². The Morgan fingerprint density at radius 2 is 2.13 bits per heavy atom. The molecule has 118 valence electrons. The van der Waals surface area contributed by atoms with Gasteiger partial charge in [-0.3, -0.25) is 9.98 Å². The highest BCUT2D eigenvalue weighted by Gasteiger charge is 2.23. The van der Waals surface area contributed by atoms with Crippen molar-refractivity contribution in [3.8, 4) is 22.8 Å². The normalized spacial score (nSPS) is 12.7. The third-order valence-electron chi connectivity index (χ3n) is 3.71. The van der Waals surface area contributed by atoms with Gasteiger partial charge >= 0.3 is 5.97 Å². The van der Waals surface area contributed by atoms with Crippen LogP contribution in [0.4, 0.5) is 0 Å². The third-order valence-corrected chi connectivity index (χ3v) is 3.71. The van der Waals surface area contributed by atoms with Crippen LogP contribution < -0.4 is 4.74 Å². The Bertz CT molecular complexity index is 828. The number of phenolic OH excluding ortho intramolecular Hbond substituents is 1. The van der Waals surface area contributed by atoms with E-state index in [0.29, 0.717) is 47.1 Å². The number of aromatic carboxylic acids is 1. The topological polar surface area (TPSA) is 92.0 Å². The minimum Gasteiger partial charge on any atom is -0.504 e. The Kier molecular flexibility index (Phi) is 3.73. The molecule has 1 aliphatic rings. The molecule has 0 radical (unpaired) electrons. The number of rotatable bonds is 4. The summed E-state index contributed by atoms with van der Waals surface area (Å²) in [5, 5.41) is 19.3. The van der Waals surface area contributed by atoms with Crippen molar-refractivity contribution < 1.29 is 19.7 Å². The molecular formula is C17H16N2O4. The molecule has 1 aliphatic heterocycles. The third kappa shape index (κ3) is 2.63. The predicted octanol–water partition coefficient (Wildman–Crippen LogP) is 2.87. The predicted molar refractivity (Wildman–Crippen MR) is 85.4 cm³/mol. The van der Waals surface area contributed by atoms with Crippen LogP contribution in [0.5, 0.6) is 11.5 Å². The van der Waals surface area contributed by atoms with E-state index in [-0.39, 0.29) is 11.3 Å². The molecule has 0 spiro atoms. The molecule has 0 saturated heterocycles. The fraction of sp³-hybridized carbons (Fsp3) is 0.235. The van der Waals surface area contributed by atoms with Gasteiger partial charge in [-0.15, -0.1) is 0 Å². The van der Waals surface area contributed by atoms with Gasteiger partial charge in [-0.2, -0.15) is 0 Å². The van der Waals surface area contributed by atoms with Crippen molar-refractivity contribution in [3.63, 3.8) is 0 Å². The Balaban J connectivity index is 2.14. The molecule has 0 atom stereocenters. The molecule has 0 amide bonds. The average molecular weight is 312 g/mol. The lowest BCUT2D eigenvalue weighted by Gasteiger charge is -2.11. The molecule has 3 rings (SSSR count). The molecule has 6 nitrogen and oxygen atoms in total. The van der Waals surface area contributed by atoms with Crippen LogP contribution in [0.15, 0.2) is 29.3 Å². The van der Waals surface area contributed by atoms with Crippen molar-refractivity contribution in [1.82, 2.24) is 4.98 Å². The van der Waals surface area contributed by atoms with E-state index in [1.165, 1.54) is 12.1 Å². The molecule has 2 N–H and O–H groups in total. The van der Waals surface area contributed by atoms with Crippen LogP contribution in [0, 0.1) is 0 Å². The Hall–Kier alpha value is -2.89. The van der Waals surface area contributed by atoms with Gasteiger partial charge in [-0.25, -0.2) is 4.79 Å². The first-order valence-corrected chi connectivity index (χ1v) is 7.26. The van der Waals surface area contributed by atoms with Crippen molar-refractivity contribution >= 4 is 11.7 Å². The van der Waals surface area contributed by atoms with Crippen molar-refractivity contribution in [2.45, 2.75) is 20.4 Å². The van der Waals surface area contributed by atoms with Gasteiger partial charge in [-0.1, -0.05) is 0 Å². The first kappa shape index (κ1) is 15.0. The number of hydrogen-bond acceptors (Lipinski definition) is 5. The van der Waals surface area contributed by atoms with E-state index in [2.05, 4.69) is 9.98 Å². The number of aromatic hydroxyl groups is 1. The molecule has 6 heteroatoms. The van der Waals surface area contributed by atoms with Crippen LogP contribution in [0.3, 0.4) is 0 Å². The van der Waals surface area contributed by atoms with Crippen LogP contribution in [0.25, 0.3) is 11.3 Å². The first-order valence-electron chi connectivity index (χ1n) is 7.26. The number of carbonyl (C=O) groups is 1. The maximum Gasteiger partial charge on any atom is 0.336 e. The van der Waals surface area contributed by atoms with Gasteiger partial charge in [0.25, 0.3) is 0 Å². The number of phenols is 1. The second-order valence-corrected chi connectivity index (χ2v) is 5.20. The smallest absolute Gasteiger partial charge is 0.336 e.